The zero-order valence-electron chi connectivity index (χ0n) is 11.1. The van der Waals surface area contributed by atoms with Gasteiger partial charge in [-0.2, -0.15) is 0 Å². The Balaban J connectivity index is 2.75. The third-order valence-corrected chi connectivity index (χ3v) is 4.48. The van der Waals surface area contributed by atoms with Crippen molar-refractivity contribution in [1.29, 1.82) is 0 Å². The minimum absolute atomic E-state index is 0.0340. The van der Waals surface area contributed by atoms with E-state index in [9.17, 15) is 4.89 Å². The lowest BCUT2D eigenvalue weighted by Gasteiger charge is -2.37. The number of hydrogen-bond acceptors (Lipinski definition) is 3. The zero-order valence-corrected chi connectivity index (χ0v) is 13.7. The van der Waals surface area contributed by atoms with Crippen molar-refractivity contribution in [2.45, 2.75) is 32.3 Å². The first kappa shape index (κ1) is 15.9. The molecule has 0 saturated heterocycles. The molecule has 17 heavy (non-hydrogen) atoms. The maximum absolute atomic E-state index is 11.6. The van der Waals surface area contributed by atoms with Crippen LogP contribution in [0, 0.1) is 11.8 Å². The molecule has 0 aromatic carbocycles. The van der Waals surface area contributed by atoms with Gasteiger partial charge in [-0.1, -0.05) is 31.6 Å². The molecule has 0 N–H and O–H groups in total. The van der Waals surface area contributed by atoms with Gasteiger partial charge in [0.05, 0.1) is 21.1 Å². The molecule has 102 valence electrons. The highest BCUT2D eigenvalue weighted by Crippen LogP contribution is 2.47. The first-order valence-corrected chi connectivity index (χ1v) is 9.90. The molecule has 0 amide bonds. The molecular formula is C11H24NO2PS2. The second kappa shape index (κ2) is 5.89. The summed E-state index contributed by atoms with van der Waals surface area (Å²) in [7, 11) is 6.34. The van der Waals surface area contributed by atoms with E-state index in [0.29, 0.717) is 11.8 Å². The van der Waals surface area contributed by atoms with E-state index < -0.39 is 5.69 Å². The van der Waals surface area contributed by atoms with Crippen molar-refractivity contribution in [2.75, 3.05) is 27.7 Å². The molecule has 0 bridgehead atoms. The molecule has 2 unspecified atom stereocenters. The van der Waals surface area contributed by atoms with Crippen LogP contribution in [-0.2, 0) is 16.3 Å². The minimum Gasteiger partial charge on any atom is -0.793 e. The fourth-order valence-corrected chi connectivity index (χ4v) is 3.94. The van der Waals surface area contributed by atoms with Gasteiger partial charge in [0, 0.05) is 5.69 Å². The standard InChI is InChI=1S/C11H24NO2PS2/c1-9-6-5-7-10(9)11(8-12(2,3)4)14-15(13,16)17/h9-11H,5-8H2,1-4H3,(H-,13,16,17)/t9-,10-,11?/m1/s1. The summed E-state index contributed by atoms with van der Waals surface area (Å²) in [5.41, 5.74) is -3.12. The number of thiol groups is 1. The zero-order chi connectivity index (χ0) is 13.3. The molecule has 6 heteroatoms. The van der Waals surface area contributed by atoms with Crippen LogP contribution in [0.4, 0.5) is 0 Å². The van der Waals surface area contributed by atoms with E-state index >= 15 is 0 Å². The Morgan fingerprint density at radius 3 is 2.41 bits per heavy atom. The van der Waals surface area contributed by atoms with Gasteiger partial charge >= 0.3 is 0 Å². The van der Waals surface area contributed by atoms with Crippen molar-refractivity contribution >= 4 is 29.7 Å². The summed E-state index contributed by atoms with van der Waals surface area (Å²) in [6.07, 6.45) is 3.58. The Labute approximate surface area is 115 Å². The quantitative estimate of drug-likeness (QED) is 0.479. The number of hydrogen-bond donors (Lipinski definition) is 1. The number of likely N-dealkylation sites (N-methyl/N-ethyl adjacent to an activating group) is 1. The van der Waals surface area contributed by atoms with E-state index in [1.54, 1.807) is 0 Å². The Hall–Kier alpha value is 0.880. The average molecular weight is 297 g/mol. The second-order valence-electron chi connectivity index (χ2n) is 6.16. The molecule has 0 spiro atoms. The molecule has 1 aliphatic rings. The Morgan fingerprint density at radius 1 is 1.47 bits per heavy atom. The number of rotatable bonds is 5. The van der Waals surface area contributed by atoms with Crippen LogP contribution >= 0.6 is 17.9 Å². The molecule has 4 atom stereocenters. The summed E-state index contributed by atoms with van der Waals surface area (Å²) in [6.45, 7) is 3.08. The van der Waals surface area contributed by atoms with Gasteiger partial charge in [0.25, 0.3) is 0 Å². The van der Waals surface area contributed by atoms with E-state index in [0.717, 1.165) is 17.4 Å². The van der Waals surface area contributed by atoms with Crippen LogP contribution in [0.3, 0.4) is 0 Å². The van der Waals surface area contributed by atoms with Gasteiger partial charge in [-0.05, 0) is 18.3 Å². The molecule has 1 saturated carbocycles. The summed E-state index contributed by atoms with van der Waals surface area (Å²) in [6, 6.07) is 0. The first-order chi connectivity index (χ1) is 7.58. The fraction of sp³-hybridized carbons (Fsp3) is 1.00. The highest BCUT2D eigenvalue weighted by atomic mass is 32.9. The lowest BCUT2D eigenvalue weighted by Crippen LogP contribution is -2.45. The molecule has 1 fully saturated rings. The second-order valence-corrected chi connectivity index (χ2v) is 11.1. The molecule has 0 aromatic heterocycles. The lowest BCUT2D eigenvalue weighted by molar-refractivity contribution is -0.873. The molecule has 0 aromatic rings. The predicted molar refractivity (Wildman–Crippen MR) is 77.5 cm³/mol. The van der Waals surface area contributed by atoms with Crippen molar-refractivity contribution in [3.05, 3.63) is 0 Å². The highest BCUT2D eigenvalue weighted by Gasteiger charge is 2.35. The van der Waals surface area contributed by atoms with E-state index in [4.69, 9.17) is 16.3 Å². The molecule has 1 aliphatic carbocycles. The molecule has 0 heterocycles. The monoisotopic (exact) mass is 297 g/mol. The minimum atomic E-state index is -3.12. The molecule has 1 rings (SSSR count). The van der Waals surface area contributed by atoms with Crippen LogP contribution in [0.25, 0.3) is 0 Å². The topological polar surface area (TPSA) is 32.3 Å². The predicted octanol–water partition coefficient (Wildman–Crippen LogP) is 2.03. The van der Waals surface area contributed by atoms with Gasteiger partial charge in [0.15, 0.2) is 0 Å². The smallest absolute Gasteiger partial charge is 0.114 e. The van der Waals surface area contributed by atoms with E-state index in [1.807, 2.05) is 0 Å². The largest absolute Gasteiger partial charge is 0.793 e. The summed E-state index contributed by atoms with van der Waals surface area (Å²) in [5.74, 6) is 1.09. The van der Waals surface area contributed by atoms with Crippen LogP contribution < -0.4 is 4.89 Å². The molecule has 0 radical (unpaired) electrons. The number of nitrogens with zero attached hydrogens (tertiary/aromatic N) is 1. The van der Waals surface area contributed by atoms with Crippen molar-refractivity contribution in [3.63, 3.8) is 0 Å². The van der Waals surface area contributed by atoms with Crippen LogP contribution in [0.5, 0.6) is 0 Å². The molecule has 3 nitrogen and oxygen atoms in total. The van der Waals surface area contributed by atoms with Crippen molar-refractivity contribution in [1.82, 2.24) is 0 Å². The lowest BCUT2D eigenvalue weighted by atomic mass is 9.92. The van der Waals surface area contributed by atoms with Gasteiger partial charge in [0.1, 0.15) is 12.6 Å². The third-order valence-electron chi connectivity index (χ3n) is 3.40. The molecule has 0 aliphatic heterocycles. The van der Waals surface area contributed by atoms with E-state index in [-0.39, 0.29) is 6.10 Å². The van der Waals surface area contributed by atoms with E-state index in [2.05, 4.69) is 40.3 Å². The fourth-order valence-electron chi connectivity index (χ4n) is 2.68. The van der Waals surface area contributed by atoms with Crippen LogP contribution in [0.2, 0.25) is 0 Å². The van der Waals surface area contributed by atoms with Gasteiger partial charge in [-0.25, -0.2) is 0 Å². The summed E-state index contributed by atoms with van der Waals surface area (Å²) >= 11 is 8.72. The van der Waals surface area contributed by atoms with Gasteiger partial charge in [0.2, 0.25) is 0 Å². The Bertz CT molecular complexity index is 300. The maximum atomic E-state index is 11.6. The first-order valence-electron chi connectivity index (χ1n) is 6.11. The SMILES string of the molecule is C[C@@H]1CCC[C@H]1C(C[N+](C)(C)C)OP([O-])(=S)S. The number of quaternary nitrogens is 1. The van der Waals surface area contributed by atoms with Crippen LogP contribution in [0.15, 0.2) is 0 Å². The average Bonchev–Trinajstić information content (AvgIpc) is 2.44. The highest BCUT2D eigenvalue weighted by molar-refractivity contribution is 8.59. The van der Waals surface area contributed by atoms with Crippen molar-refractivity contribution in [3.8, 4) is 0 Å². The summed E-state index contributed by atoms with van der Waals surface area (Å²) in [4.78, 5) is 11.6. The van der Waals surface area contributed by atoms with Crippen molar-refractivity contribution in [2.24, 2.45) is 11.8 Å². The third kappa shape index (κ3) is 6.04. The summed E-state index contributed by atoms with van der Waals surface area (Å²) in [5, 5.41) is 0. The van der Waals surface area contributed by atoms with Crippen LogP contribution in [0.1, 0.15) is 26.2 Å². The van der Waals surface area contributed by atoms with Gasteiger partial charge < -0.3 is 13.9 Å². The Kier molecular flexibility index (Phi) is 5.52. The van der Waals surface area contributed by atoms with E-state index in [1.165, 1.54) is 12.8 Å². The summed E-state index contributed by atoms with van der Waals surface area (Å²) < 4.78 is 6.38. The van der Waals surface area contributed by atoms with Gasteiger partial charge in [-0.15, -0.1) is 12.2 Å². The van der Waals surface area contributed by atoms with Crippen molar-refractivity contribution < 1.29 is 13.9 Å². The van der Waals surface area contributed by atoms with Crippen LogP contribution in [-0.4, -0.2) is 38.3 Å². The van der Waals surface area contributed by atoms with Gasteiger partial charge in [-0.3, -0.25) is 0 Å². The maximum Gasteiger partial charge on any atom is 0.114 e. The molecular weight excluding hydrogens is 273 g/mol. The Morgan fingerprint density at radius 2 is 2.06 bits per heavy atom. The normalized spacial score (nSPS) is 31.2.